The van der Waals surface area contributed by atoms with E-state index in [-0.39, 0.29) is 17.6 Å². The minimum atomic E-state index is -0.135. The van der Waals surface area contributed by atoms with E-state index in [0.29, 0.717) is 10.9 Å². The van der Waals surface area contributed by atoms with Gasteiger partial charge in [0.1, 0.15) is 0 Å². The highest BCUT2D eigenvalue weighted by atomic mass is 32.2. The van der Waals surface area contributed by atoms with Crippen LogP contribution in [0.1, 0.15) is 19.3 Å². The fourth-order valence-electron chi connectivity index (χ4n) is 3.57. The lowest BCUT2D eigenvalue weighted by Crippen LogP contribution is -2.37. The van der Waals surface area contributed by atoms with Crippen LogP contribution in [0.4, 0.5) is 5.13 Å². The highest BCUT2D eigenvalue weighted by Gasteiger charge is 2.18. The molecule has 1 fully saturated rings. The lowest BCUT2D eigenvalue weighted by atomic mass is 10.1. The van der Waals surface area contributed by atoms with Gasteiger partial charge in [-0.3, -0.25) is 9.59 Å². The Balaban J connectivity index is 1.40. The van der Waals surface area contributed by atoms with E-state index in [1.54, 1.807) is 0 Å². The first kappa shape index (κ1) is 21.6. The Labute approximate surface area is 190 Å². The molecule has 1 aromatic heterocycles. The molecule has 0 radical (unpaired) electrons. The SMILES string of the molecule is O=C(CSCC(=O)N1CCCCC1)Nc1nc(-c2ccccc2)c(-c2ccccc2)s1. The molecule has 1 saturated heterocycles. The van der Waals surface area contributed by atoms with Gasteiger partial charge < -0.3 is 10.2 Å². The smallest absolute Gasteiger partial charge is 0.236 e. The van der Waals surface area contributed by atoms with E-state index in [2.05, 4.69) is 5.32 Å². The number of thiazole rings is 1. The van der Waals surface area contributed by atoms with Crippen molar-refractivity contribution in [2.24, 2.45) is 0 Å². The Kier molecular flexibility index (Phi) is 7.38. The topological polar surface area (TPSA) is 62.3 Å². The molecule has 2 amide bonds. The van der Waals surface area contributed by atoms with Crippen LogP contribution in [-0.2, 0) is 9.59 Å². The van der Waals surface area contributed by atoms with Crippen LogP contribution in [0.3, 0.4) is 0 Å². The average molecular weight is 452 g/mol. The number of anilines is 1. The molecule has 0 aliphatic carbocycles. The highest BCUT2D eigenvalue weighted by Crippen LogP contribution is 2.38. The van der Waals surface area contributed by atoms with Crippen molar-refractivity contribution >= 4 is 40.0 Å². The maximum Gasteiger partial charge on any atom is 0.236 e. The van der Waals surface area contributed by atoms with E-state index >= 15 is 0 Å². The molecule has 2 aromatic carbocycles. The van der Waals surface area contributed by atoms with Gasteiger partial charge in [0.25, 0.3) is 0 Å². The number of benzene rings is 2. The second-order valence-electron chi connectivity index (χ2n) is 7.41. The highest BCUT2D eigenvalue weighted by molar-refractivity contribution is 8.00. The summed E-state index contributed by atoms with van der Waals surface area (Å²) in [5.74, 6) is 0.574. The van der Waals surface area contributed by atoms with Crippen LogP contribution in [0.5, 0.6) is 0 Å². The largest absolute Gasteiger partial charge is 0.342 e. The zero-order valence-corrected chi connectivity index (χ0v) is 18.9. The summed E-state index contributed by atoms with van der Waals surface area (Å²) in [6, 6.07) is 20.1. The first-order chi connectivity index (χ1) is 15.2. The summed E-state index contributed by atoms with van der Waals surface area (Å²) in [5, 5.41) is 3.49. The first-order valence-corrected chi connectivity index (χ1v) is 12.4. The molecule has 3 aromatic rings. The molecular weight excluding hydrogens is 426 g/mol. The van der Waals surface area contributed by atoms with Crippen LogP contribution in [-0.4, -0.2) is 46.3 Å². The molecule has 0 bridgehead atoms. The Morgan fingerprint density at radius 1 is 0.903 bits per heavy atom. The number of likely N-dealkylation sites (tertiary alicyclic amines) is 1. The molecule has 5 nitrogen and oxygen atoms in total. The molecule has 1 aliphatic rings. The van der Waals surface area contributed by atoms with Crippen molar-refractivity contribution in [3.63, 3.8) is 0 Å². The van der Waals surface area contributed by atoms with Crippen molar-refractivity contribution in [2.75, 3.05) is 29.9 Å². The van der Waals surface area contributed by atoms with Crippen molar-refractivity contribution in [1.29, 1.82) is 0 Å². The number of nitrogens with one attached hydrogen (secondary N) is 1. The zero-order chi connectivity index (χ0) is 21.5. The number of hydrogen-bond acceptors (Lipinski definition) is 5. The van der Waals surface area contributed by atoms with Crippen LogP contribution in [0.25, 0.3) is 21.7 Å². The maximum absolute atomic E-state index is 12.5. The molecule has 31 heavy (non-hydrogen) atoms. The quantitative estimate of drug-likeness (QED) is 0.539. The molecule has 0 saturated carbocycles. The molecule has 7 heteroatoms. The Hall–Kier alpha value is -2.64. The normalized spacial score (nSPS) is 13.7. The van der Waals surface area contributed by atoms with E-state index in [9.17, 15) is 9.59 Å². The van der Waals surface area contributed by atoms with Crippen molar-refractivity contribution in [2.45, 2.75) is 19.3 Å². The lowest BCUT2D eigenvalue weighted by Gasteiger charge is -2.26. The van der Waals surface area contributed by atoms with E-state index in [1.165, 1.54) is 29.5 Å². The third kappa shape index (κ3) is 5.74. The maximum atomic E-state index is 12.5. The van der Waals surface area contributed by atoms with E-state index < -0.39 is 0 Å². The van der Waals surface area contributed by atoms with Crippen molar-refractivity contribution in [3.05, 3.63) is 60.7 Å². The summed E-state index contributed by atoms with van der Waals surface area (Å²) < 4.78 is 0. The summed E-state index contributed by atoms with van der Waals surface area (Å²) in [6.45, 7) is 1.68. The van der Waals surface area contributed by atoms with Crippen LogP contribution >= 0.6 is 23.1 Å². The van der Waals surface area contributed by atoms with E-state index in [0.717, 1.165) is 47.6 Å². The van der Waals surface area contributed by atoms with Gasteiger partial charge in [-0.05, 0) is 24.8 Å². The fraction of sp³-hybridized carbons (Fsp3) is 0.292. The van der Waals surface area contributed by atoms with Crippen LogP contribution in [0.2, 0.25) is 0 Å². The zero-order valence-electron chi connectivity index (χ0n) is 17.3. The molecular formula is C24H25N3O2S2. The molecule has 0 spiro atoms. The minimum Gasteiger partial charge on any atom is -0.342 e. The average Bonchev–Trinajstić information content (AvgIpc) is 3.24. The molecule has 160 valence electrons. The molecule has 2 heterocycles. The second kappa shape index (κ2) is 10.6. The first-order valence-electron chi connectivity index (χ1n) is 10.5. The minimum absolute atomic E-state index is 0.129. The third-order valence-corrected chi connectivity index (χ3v) is 7.06. The lowest BCUT2D eigenvalue weighted by molar-refractivity contribution is -0.129. The van der Waals surface area contributed by atoms with Gasteiger partial charge in [0, 0.05) is 18.7 Å². The summed E-state index contributed by atoms with van der Waals surface area (Å²) >= 11 is 2.83. The second-order valence-corrected chi connectivity index (χ2v) is 9.40. The number of hydrogen-bond donors (Lipinski definition) is 1. The van der Waals surface area contributed by atoms with Gasteiger partial charge in [0.15, 0.2) is 5.13 Å². The number of piperidine rings is 1. The van der Waals surface area contributed by atoms with Gasteiger partial charge in [-0.15, -0.1) is 11.8 Å². The molecule has 0 atom stereocenters. The molecule has 1 aliphatic heterocycles. The number of carbonyl (C=O) groups is 2. The van der Waals surface area contributed by atoms with Crippen LogP contribution in [0.15, 0.2) is 60.7 Å². The van der Waals surface area contributed by atoms with Crippen molar-refractivity contribution in [3.8, 4) is 21.7 Å². The number of rotatable bonds is 7. The number of thioether (sulfide) groups is 1. The number of carbonyl (C=O) groups excluding carboxylic acids is 2. The van der Waals surface area contributed by atoms with Gasteiger partial charge in [-0.2, -0.15) is 0 Å². The molecule has 0 unspecified atom stereocenters. The van der Waals surface area contributed by atoms with Crippen molar-refractivity contribution in [1.82, 2.24) is 9.88 Å². The van der Waals surface area contributed by atoms with Gasteiger partial charge in [-0.1, -0.05) is 72.0 Å². The number of nitrogens with zero attached hydrogens (tertiary/aromatic N) is 2. The van der Waals surface area contributed by atoms with Gasteiger partial charge in [-0.25, -0.2) is 4.98 Å². The van der Waals surface area contributed by atoms with E-state index in [4.69, 9.17) is 4.98 Å². The van der Waals surface area contributed by atoms with Crippen molar-refractivity contribution < 1.29 is 9.59 Å². The van der Waals surface area contributed by atoms with E-state index in [1.807, 2.05) is 65.6 Å². The molecule has 4 rings (SSSR count). The van der Waals surface area contributed by atoms with Gasteiger partial charge in [0.2, 0.25) is 11.8 Å². The number of aromatic nitrogens is 1. The summed E-state index contributed by atoms with van der Waals surface area (Å²) in [7, 11) is 0. The fourth-order valence-corrected chi connectivity index (χ4v) is 5.30. The van der Waals surface area contributed by atoms with Crippen LogP contribution < -0.4 is 5.32 Å². The summed E-state index contributed by atoms with van der Waals surface area (Å²) in [6.07, 6.45) is 3.35. The number of amides is 2. The summed E-state index contributed by atoms with van der Waals surface area (Å²) in [5.41, 5.74) is 2.94. The van der Waals surface area contributed by atoms with Gasteiger partial charge >= 0.3 is 0 Å². The standard InChI is InChI=1S/C24H25N3O2S2/c28-20(16-30-17-21(29)27-14-8-3-9-15-27)25-24-26-22(18-10-4-1-5-11-18)23(31-24)19-12-6-2-7-13-19/h1-2,4-7,10-13H,3,8-9,14-17H2,(H,25,26,28). The van der Waals surface area contributed by atoms with Crippen LogP contribution in [0, 0.1) is 0 Å². The summed E-state index contributed by atoms with van der Waals surface area (Å²) in [4.78, 5) is 32.4. The monoisotopic (exact) mass is 451 g/mol. The molecule has 1 N–H and O–H groups in total. The third-order valence-electron chi connectivity index (χ3n) is 5.12. The Bertz CT molecular complexity index is 959. The Morgan fingerprint density at radius 2 is 1.55 bits per heavy atom. The van der Waals surface area contributed by atoms with Gasteiger partial charge in [0.05, 0.1) is 22.1 Å². The predicted molar refractivity (Wildman–Crippen MR) is 129 cm³/mol. The Morgan fingerprint density at radius 3 is 2.23 bits per heavy atom. The predicted octanol–water partition coefficient (Wildman–Crippen LogP) is 5.16.